The molecular formula is C21H20. The topological polar surface area (TPSA) is 0 Å². The van der Waals surface area contributed by atoms with E-state index in [0.29, 0.717) is 0 Å². The Balaban J connectivity index is 2.19. The molecule has 0 aliphatic heterocycles. The maximum atomic E-state index is 2.37. The van der Waals surface area contributed by atoms with Gasteiger partial charge in [0.05, 0.1) is 0 Å². The Kier molecular flexibility index (Phi) is 2.68. The fraction of sp³-hybridized carbons (Fsp3) is 0.238. The molecule has 4 rings (SSSR count). The lowest BCUT2D eigenvalue weighted by Gasteiger charge is -2.29. The molecule has 0 aromatic heterocycles. The van der Waals surface area contributed by atoms with E-state index in [0.717, 1.165) is 12.8 Å². The van der Waals surface area contributed by atoms with E-state index in [2.05, 4.69) is 74.5 Å². The van der Waals surface area contributed by atoms with Crippen LogP contribution in [0.1, 0.15) is 37.8 Å². The highest BCUT2D eigenvalue weighted by Crippen LogP contribution is 2.54. The van der Waals surface area contributed by atoms with Crippen LogP contribution in [0.2, 0.25) is 0 Å². The maximum absolute atomic E-state index is 2.37. The van der Waals surface area contributed by atoms with E-state index < -0.39 is 0 Å². The van der Waals surface area contributed by atoms with Crippen molar-refractivity contribution in [3.05, 3.63) is 71.8 Å². The number of hydrogen-bond acceptors (Lipinski definition) is 0. The minimum absolute atomic E-state index is 0.190. The predicted octanol–water partition coefficient (Wildman–Crippen LogP) is 5.93. The van der Waals surface area contributed by atoms with Crippen LogP contribution >= 0.6 is 0 Å². The fourth-order valence-corrected chi connectivity index (χ4v) is 4.24. The predicted molar refractivity (Wildman–Crippen MR) is 90.7 cm³/mol. The van der Waals surface area contributed by atoms with Gasteiger partial charge in [-0.2, -0.15) is 0 Å². The van der Waals surface area contributed by atoms with Crippen molar-refractivity contribution >= 4 is 10.8 Å². The van der Waals surface area contributed by atoms with Gasteiger partial charge in [0, 0.05) is 5.41 Å². The zero-order valence-corrected chi connectivity index (χ0v) is 12.7. The summed E-state index contributed by atoms with van der Waals surface area (Å²) in [5.41, 5.74) is 6.13. The molecule has 0 fully saturated rings. The highest BCUT2D eigenvalue weighted by atomic mass is 14.4. The second-order valence-electron chi connectivity index (χ2n) is 6.04. The summed E-state index contributed by atoms with van der Waals surface area (Å²) in [6.07, 6.45) is 2.32. The van der Waals surface area contributed by atoms with Crippen LogP contribution in [0.5, 0.6) is 0 Å². The molecule has 0 nitrogen and oxygen atoms in total. The standard InChI is InChI=1S/C21H20/c1-3-21(4-2)18-12-8-7-11-17(18)20-16-10-6-5-9-15(16)13-14-19(20)21/h5-14H,3-4H2,1-2H3. The van der Waals surface area contributed by atoms with Gasteiger partial charge < -0.3 is 0 Å². The Bertz CT molecular complexity index is 822. The van der Waals surface area contributed by atoms with Crippen molar-refractivity contribution in [2.75, 3.05) is 0 Å². The normalized spacial score (nSPS) is 15.0. The third kappa shape index (κ3) is 1.51. The molecule has 21 heavy (non-hydrogen) atoms. The Morgan fingerprint density at radius 1 is 0.714 bits per heavy atom. The van der Waals surface area contributed by atoms with Gasteiger partial charge in [0.1, 0.15) is 0 Å². The number of hydrogen-bond donors (Lipinski definition) is 0. The highest BCUT2D eigenvalue weighted by Gasteiger charge is 2.40. The van der Waals surface area contributed by atoms with Crippen LogP contribution in [0.25, 0.3) is 21.9 Å². The van der Waals surface area contributed by atoms with Gasteiger partial charge in [0.25, 0.3) is 0 Å². The Morgan fingerprint density at radius 2 is 1.43 bits per heavy atom. The molecule has 3 aromatic rings. The molecular weight excluding hydrogens is 252 g/mol. The molecule has 1 aliphatic rings. The maximum Gasteiger partial charge on any atom is 0.0210 e. The average Bonchev–Trinajstić information content (AvgIpc) is 2.85. The zero-order valence-electron chi connectivity index (χ0n) is 12.7. The molecule has 0 heterocycles. The van der Waals surface area contributed by atoms with Crippen LogP contribution in [-0.4, -0.2) is 0 Å². The van der Waals surface area contributed by atoms with E-state index >= 15 is 0 Å². The summed E-state index contributed by atoms with van der Waals surface area (Å²) in [5, 5.41) is 2.74. The number of fused-ring (bicyclic) bond motifs is 5. The quantitative estimate of drug-likeness (QED) is 0.542. The highest BCUT2D eigenvalue weighted by molar-refractivity contribution is 6.02. The van der Waals surface area contributed by atoms with Gasteiger partial charge in [-0.1, -0.05) is 74.5 Å². The van der Waals surface area contributed by atoms with Gasteiger partial charge in [-0.25, -0.2) is 0 Å². The van der Waals surface area contributed by atoms with Gasteiger partial charge in [0.15, 0.2) is 0 Å². The zero-order chi connectivity index (χ0) is 14.4. The summed E-state index contributed by atoms with van der Waals surface area (Å²) in [6, 6.07) is 22.4. The summed E-state index contributed by atoms with van der Waals surface area (Å²) < 4.78 is 0. The summed E-state index contributed by atoms with van der Waals surface area (Å²) in [6.45, 7) is 4.65. The number of benzene rings is 3. The number of rotatable bonds is 2. The summed E-state index contributed by atoms with van der Waals surface area (Å²) >= 11 is 0. The fourth-order valence-electron chi connectivity index (χ4n) is 4.24. The molecule has 0 bridgehead atoms. The van der Waals surface area contributed by atoms with E-state index in [1.54, 1.807) is 0 Å². The first-order valence-electron chi connectivity index (χ1n) is 7.94. The van der Waals surface area contributed by atoms with Gasteiger partial charge in [-0.3, -0.25) is 0 Å². The average molecular weight is 272 g/mol. The molecule has 0 amide bonds. The van der Waals surface area contributed by atoms with Crippen LogP contribution in [0, 0.1) is 0 Å². The second kappa shape index (κ2) is 4.46. The molecule has 0 saturated heterocycles. The van der Waals surface area contributed by atoms with Crippen molar-refractivity contribution in [3.8, 4) is 11.1 Å². The minimum atomic E-state index is 0.190. The largest absolute Gasteiger partial charge is 0.0642 e. The van der Waals surface area contributed by atoms with Gasteiger partial charge in [-0.15, -0.1) is 0 Å². The Morgan fingerprint density at radius 3 is 2.24 bits per heavy atom. The molecule has 0 spiro atoms. The lowest BCUT2D eigenvalue weighted by atomic mass is 9.74. The molecule has 0 saturated carbocycles. The van der Waals surface area contributed by atoms with Gasteiger partial charge >= 0.3 is 0 Å². The summed E-state index contributed by atoms with van der Waals surface area (Å²) in [5.74, 6) is 0. The van der Waals surface area contributed by atoms with E-state index in [9.17, 15) is 0 Å². The lowest BCUT2D eigenvalue weighted by molar-refractivity contribution is 0.490. The van der Waals surface area contributed by atoms with E-state index in [-0.39, 0.29) is 5.41 Å². The first-order valence-corrected chi connectivity index (χ1v) is 7.94. The first-order chi connectivity index (χ1) is 10.3. The monoisotopic (exact) mass is 272 g/mol. The van der Waals surface area contributed by atoms with E-state index in [1.165, 1.54) is 33.0 Å². The van der Waals surface area contributed by atoms with Crippen molar-refractivity contribution in [2.24, 2.45) is 0 Å². The van der Waals surface area contributed by atoms with Gasteiger partial charge in [0.2, 0.25) is 0 Å². The molecule has 0 atom stereocenters. The Hall–Kier alpha value is -2.08. The van der Waals surface area contributed by atoms with Crippen LogP contribution in [0.4, 0.5) is 0 Å². The summed E-state index contributed by atoms with van der Waals surface area (Å²) in [4.78, 5) is 0. The molecule has 0 heteroatoms. The molecule has 104 valence electrons. The van der Waals surface area contributed by atoms with Crippen LogP contribution < -0.4 is 0 Å². The van der Waals surface area contributed by atoms with Crippen molar-refractivity contribution in [3.63, 3.8) is 0 Å². The van der Waals surface area contributed by atoms with Crippen LogP contribution in [0.3, 0.4) is 0 Å². The third-order valence-corrected chi connectivity index (χ3v) is 5.36. The lowest BCUT2D eigenvalue weighted by Crippen LogP contribution is -2.22. The van der Waals surface area contributed by atoms with Crippen LogP contribution in [0.15, 0.2) is 60.7 Å². The third-order valence-electron chi connectivity index (χ3n) is 5.36. The van der Waals surface area contributed by atoms with Crippen molar-refractivity contribution in [2.45, 2.75) is 32.1 Å². The van der Waals surface area contributed by atoms with E-state index in [1.807, 2.05) is 0 Å². The smallest absolute Gasteiger partial charge is 0.0210 e. The van der Waals surface area contributed by atoms with Gasteiger partial charge in [-0.05, 0) is 45.9 Å². The first kappa shape index (κ1) is 12.6. The molecule has 0 radical (unpaired) electrons. The molecule has 0 unspecified atom stereocenters. The second-order valence-corrected chi connectivity index (χ2v) is 6.04. The molecule has 0 N–H and O–H groups in total. The van der Waals surface area contributed by atoms with E-state index in [4.69, 9.17) is 0 Å². The molecule has 1 aliphatic carbocycles. The summed E-state index contributed by atoms with van der Waals surface area (Å²) in [7, 11) is 0. The Labute approximate surface area is 126 Å². The van der Waals surface area contributed by atoms with Crippen molar-refractivity contribution < 1.29 is 0 Å². The minimum Gasteiger partial charge on any atom is -0.0642 e. The van der Waals surface area contributed by atoms with Crippen molar-refractivity contribution in [1.29, 1.82) is 0 Å². The SMILES string of the molecule is CCC1(CC)c2ccccc2-c2c1ccc1ccccc21. The molecule has 3 aromatic carbocycles. The van der Waals surface area contributed by atoms with Crippen LogP contribution in [-0.2, 0) is 5.41 Å². The van der Waals surface area contributed by atoms with Crippen molar-refractivity contribution in [1.82, 2.24) is 0 Å².